The molecule has 0 aliphatic carbocycles. The first-order valence-electron chi connectivity index (χ1n) is 4.52. The van der Waals surface area contributed by atoms with Gasteiger partial charge in [0.1, 0.15) is 5.82 Å². The highest BCUT2D eigenvalue weighted by Crippen LogP contribution is 2.24. The van der Waals surface area contributed by atoms with Crippen molar-refractivity contribution in [3.63, 3.8) is 0 Å². The van der Waals surface area contributed by atoms with Gasteiger partial charge in [-0.15, -0.1) is 0 Å². The lowest BCUT2D eigenvalue weighted by Crippen LogP contribution is -2.15. The van der Waals surface area contributed by atoms with Crippen LogP contribution < -0.4 is 5.32 Å². The minimum atomic E-state index is -0.606. The third-order valence-electron chi connectivity index (χ3n) is 2.31. The molecule has 0 fully saturated rings. The molecule has 4 nitrogen and oxygen atoms in total. The Labute approximate surface area is 85.6 Å². The van der Waals surface area contributed by atoms with E-state index in [4.69, 9.17) is 0 Å². The number of nitro groups is 1. The molecule has 15 heavy (non-hydrogen) atoms. The fourth-order valence-electron chi connectivity index (χ4n) is 1.56. The summed E-state index contributed by atoms with van der Waals surface area (Å²) in [6.45, 7) is 0.696. The topological polar surface area (TPSA) is 55.2 Å². The van der Waals surface area contributed by atoms with E-state index in [9.17, 15) is 14.5 Å². The van der Waals surface area contributed by atoms with Gasteiger partial charge in [-0.3, -0.25) is 10.1 Å². The summed E-state index contributed by atoms with van der Waals surface area (Å²) in [7, 11) is 0. The van der Waals surface area contributed by atoms with Gasteiger partial charge in [-0.05, 0) is 6.07 Å². The summed E-state index contributed by atoms with van der Waals surface area (Å²) in [4.78, 5) is 9.79. The zero-order chi connectivity index (χ0) is 10.8. The second-order valence-corrected chi connectivity index (χ2v) is 3.28. The van der Waals surface area contributed by atoms with Crippen LogP contribution in [0.2, 0.25) is 0 Å². The predicted octanol–water partition coefficient (Wildman–Crippen LogP) is 1.93. The first-order chi connectivity index (χ1) is 7.18. The van der Waals surface area contributed by atoms with Crippen molar-refractivity contribution < 1.29 is 9.31 Å². The van der Waals surface area contributed by atoms with E-state index < -0.39 is 10.7 Å². The van der Waals surface area contributed by atoms with Crippen molar-refractivity contribution in [2.24, 2.45) is 0 Å². The molecule has 0 saturated heterocycles. The number of non-ortho nitro benzene ring substituents is 1. The number of halogens is 1. The van der Waals surface area contributed by atoms with Crippen LogP contribution in [0, 0.1) is 15.9 Å². The van der Waals surface area contributed by atoms with Crippen LogP contribution in [0.4, 0.5) is 10.1 Å². The van der Waals surface area contributed by atoms with Crippen molar-refractivity contribution in [1.82, 2.24) is 5.32 Å². The first kappa shape index (κ1) is 9.79. The highest BCUT2D eigenvalue weighted by atomic mass is 19.1. The molecular weight excluding hydrogens is 199 g/mol. The van der Waals surface area contributed by atoms with Crippen molar-refractivity contribution in [2.45, 2.75) is 6.04 Å². The molecule has 1 aliphatic heterocycles. The Bertz CT molecular complexity index is 431. The number of rotatable bonds is 2. The molecule has 1 unspecified atom stereocenters. The monoisotopic (exact) mass is 208 g/mol. The Balaban J connectivity index is 2.34. The molecule has 1 atom stereocenters. The number of nitro benzene ring substituents is 1. The lowest BCUT2D eigenvalue weighted by atomic mass is 10.1. The van der Waals surface area contributed by atoms with E-state index in [1.54, 1.807) is 0 Å². The summed E-state index contributed by atoms with van der Waals surface area (Å²) >= 11 is 0. The summed E-state index contributed by atoms with van der Waals surface area (Å²) in [5.74, 6) is -0.548. The second kappa shape index (κ2) is 3.78. The zero-order valence-corrected chi connectivity index (χ0v) is 7.81. The molecule has 2 rings (SSSR count). The fourth-order valence-corrected chi connectivity index (χ4v) is 1.56. The molecule has 0 bridgehead atoms. The van der Waals surface area contributed by atoms with Gasteiger partial charge in [0.05, 0.1) is 17.0 Å². The number of nitrogens with zero attached hydrogens (tertiary/aromatic N) is 1. The van der Waals surface area contributed by atoms with Gasteiger partial charge in [-0.2, -0.15) is 0 Å². The Hall–Kier alpha value is -1.75. The molecule has 0 saturated carbocycles. The summed E-state index contributed by atoms with van der Waals surface area (Å²) < 4.78 is 13.5. The number of nitrogens with one attached hydrogen (secondary N) is 1. The largest absolute Gasteiger partial charge is 0.303 e. The van der Waals surface area contributed by atoms with Gasteiger partial charge in [-0.1, -0.05) is 12.2 Å². The van der Waals surface area contributed by atoms with Crippen molar-refractivity contribution >= 4 is 5.69 Å². The van der Waals surface area contributed by atoms with Crippen molar-refractivity contribution in [2.75, 3.05) is 6.54 Å². The lowest BCUT2D eigenvalue weighted by molar-refractivity contribution is -0.385. The minimum absolute atomic E-state index is 0.175. The van der Waals surface area contributed by atoms with E-state index in [-0.39, 0.29) is 11.7 Å². The van der Waals surface area contributed by atoms with Crippen LogP contribution in [-0.4, -0.2) is 11.5 Å². The highest BCUT2D eigenvalue weighted by molar-refractivity contribution is 5.37. The molecule has 0 radical (unpaired) electrons. The molecule has 1 aromatic rings. The van der Waals surface area contributed by atoms with Crippen LogP contribution in [0.1, 0.15) is 11.6 Å². The maximum Gasteiger partial charge on any atom is 0.272 e. The molecule has 1 aliphatic rings. The SMILES string of the molecule is O=[N+]([O-])c1ccc(C2C=CCN2)c(F)c1. The van der Waals surface area contributed by atoms with E-state index in [1.807, 2.05) is 12.2 Å². The van der Waals surface area contributed by atoms with Crippen LogP contribution in [0.15, 0.2) is 30.4 Å². The van der Waals surface area contributed by atoms with Crippen molar-refractivity contribution in [1.29, 1.82) is 0 Å². The Morgan fingerprint density at radius 3 is 2.87 bits per heavy atom. The molecular formula is C10H9FN2O2. The Morgan fingerprint density at radius 2 is 2.33 bits per heavy atom. The average molecular weight is 208 g/mol. The van der Waals surface area contributed by atoms with E-state index >= 15 is 0 Å². The van der Waals surface area contributed by atoms with E-state index in [0.29, 0.717) is 12.1 Å². The zero-order valence-electron chi connectivity index (χ0n) is 7.81. The van der Waals surface area contributed by atoms with E-state index in [2.05, 4.69) is 5.32 Å². The second-order valence-electron chi connectivity index (χ2n) is 3.28. The Morgan fingerprint density at radius 1 is 1.53 bits per heavy atom. The molecule has 1 heterocycles. The smallest absolute Gasteiger partial charge is 0.272 e. The molecule has 1 aromatic carbocycles. The van der Waals surface area contributed by atoms with Gasteiger partial charge >= 0.3 is 0 Å². The molecule has 0 amide bonds. The Kier molecular flexibility index (Phi) is 2.47. The predicted molar refractivity (Wildman–Crippen MR) is 52.9 cm³/mol. The molecule has 1 N–H and O–H groups in total. The summed E-state index contributed by atoms with van der Waals surface area (Å²) in [5.41, 5.74) is 0.215. The van der Waals surface area contributed by atoms with Gasteiger partial charge in [0.2, 0.25) is 0 Å². The maximum absolute atomic E-state index is 13.5. The van der Waals surface area contributed by atoms with Crippen LogP contribution in [-0.2, 0) is 0 Å². The van der Waals surface area contributed by atoms with Crippen LogP contribution in [0.5, 0.6) is 0 Å². The first-order valence-corrected chi connectivity index (χ1v) is 4.52. The van der Waals surface area contributed by atoms with E-state index in [0.717, 1.165) is 6.07 Å². The number of benzene rings is 1. The molecule has 5 heteroatoms. The average Bonchev–Trinajstić information content (AvgIpc) is 2.70. The molecule has 0 aromatic heterocycles. The maximum atomic E-state index is 13.5. The molecule has 0 spiro atoms. The third kappa shape index (κ3) is 1.87. The number of hydrogen-bond acceptors (Lipinski definition) is 3. The summed E-state index contributed by atoms with van der Waals surface area (Å²) in [6, 6.07) is 3.53. The summed E-state index contributed by atoms with van der Waals surface area (Å²) in [6.07, 6.45) is 3.73. The van der Waals surface area contributed by atoms with Gasteiger partial charge in [0.15, 0.2) is 0 Å². The van der Waals surface area contributed by atoms with Crippen molar-refractivity contribution in [3.05, 3.63) is 51.8 Å². The van der Waals surface area contributed by atoms with Gasteiger partial charge < -0.3 is 5.32 Å². The van der Waals surface area contributed by atoms with Crippen LogP contribution in [0.25, 0.3) is 0 Å². The normalized spacial score (nSPS) is 19.4. The lowest BCUT2D eigenvalue weighted by Gasteiger charge is -2.09. The standard InChI is InChI=1S/C10H9FN2O2/c11-9-6-7(13(14)15)3-4-8(9)10-2-1-5-12-10/h1-4,6,10,12H,5H2. The number of hydrogen-bond donors (Lipinski definition) is 1. The van der Waals surface area contributed by atoms with Gasteiger partial charge in [0.25, 0.3) is 5.69 Å². The van der Waals surface area contributed by atoms with Crippen LogP contribution in [0.3, 0.4) is 0 Å². The van der Waals surface area contributed by atoms with Crippen molar-refractivity contribution in [3.8, 4) is 0 Å². The van der Waals surface area contributed by atoms with E-state index in [1.165, 1.54) is 12.1 Å². The highest BCUT2D eigenvalue weighted by Gasteiger charge is 2.17. The summed E-state index contributed by atoms with van der Waals surface area (Å²) in [5, 5.41) is 13.4. The van der Waals surface area contributed by atoms with Crippen LogP contribution >= 0.6 is 0 Å². The van der Waals surface area contributed by atoms with Gasteiger partial charge in [0, 0.05) is 18.2 Å². The fraction of sp³-hybridized carbons (Fsp3) is 0.200. The molecule has 78 valence electrons. The quantitative estimate of drug-likeness (QED) is 0.459. The van der Waals surface area contributed by atoms with Gasteiger partial charge in [-0.25, -0.2) is 4.39 Å². The minimum Gasteiger partial charge on any atom is -0.303 e. The third-order valence-corrected chi connectivity index (χ3v) is 2.31.